The first-order valence-corrected chi connectivity index (χ1v) is 8.86. The molecule has 0 bridgehead atoms. The molecule has 5 heteroatoms. The van der Waals surface area contributed by atoms with Crippen LogP contribution >= 0.6 is 11.8 Å². The average Bonchev–Trinajstić information content (AvgIpc) is 2.66. The van der Waals surface area contributed by atoms with E-state index in [0.29, 0.717) is 11.3 Å². The molecular formula is C20H19NO3S. The summed E-state index contributed by atoms with van der Waals surface area (Å²) >= 11 is 1.63. The Hall–Kier alpha value is -2.53. The molecule has 1 heterocycles. The van der Waals surface area contributed by atoms with E-state index >= 15 is 0 Å². The summed E-state index contributed by atoms with van der Waals surface area (Å²) in [5.41, 5.74) is 3.09. The highest BCUT2D eigenvalue weighted by molar-refractivity contribution is 7.98. The number of hydrogen-bond acceptors (Lipinski definition) is 5. The van der Waals surface area contributed by atoms with Crippen LogP contribution in [0.4, 0.5) is 0 Å². The third-order valence-corrected chi connectivity index (χ3v) is 5.07. The van der Waals surface area contributed by atoms with Gasteiger partial charge in [0.2, 0.25) is 0 Å². The Balaban J connectivity index is 1.97. The molecule has 1 aromatic heterocycles. The molecule has 0 aliphatic heterocycles. The Labute approximate surface area is 151 Å². The number of hydrogen-bond donors (Lipinski definition) is 0. The Bertz CT molecular complexity index is 907. The lowest BCUT2D eigenvalue weighted by Gasteiger charge is -2.13. The first-order valence-electron chi connectivity index (χ1n) is 7.87. The van der Waals surface area contributed by atoms with Crippen LogP contribution in [0.3, 0.4) is 0 Å². The summed E-state index contributed by atoms with van der Waals surface area (Å²) in [6, 6.07) is 15.7. The number of pyridine rings is 1. The van der Waals surface area contributed by atoms with Crippen molar-refractivity contribution >= 4 is 28.6 Å². The Morgan fingerprint density at radius 2 is 1.80 bits per heavy atom. The Morgan fingerprint density at radius 3 is 2.48 bits per heavy atom. The van der Waals surface area contributed by atoms with Gasteiger partial charge in [-0.25, -0.2) is 4.79 Å². The minimum atomic E-state index is -0.346. The Kier molecular flexibility index (Phi) is 5.24. The average molecular weight is 353 g/mol. The standard InChI is InChI=1S/C20H19NO3S/c1-13-16-6-4-5-7-17(16)21-18(19(13)20(22)24-3)12-25-15-10-8-14(23-2)9-11-15/h4-11H,12H2,1-3H3. The zero-order chi connectivity index (χ0) is 17.8. The van der Waals surface area contributed by atoms with Gasteiger partial charge in [0.1, 0.15) is 5.75 Å². The molecule has 0 amide bonds. The predicted molar refractivity (Wildman–Crippen MR) is 100 cm³/mol. The number of para-hydroxylation sites is 1. The van der Waals surface area contributed by atoms with Crippen molar-refractivity contribution in [3.63, 3.8) is 0 Å². The van der Waals surface area contributed by atoms with Gasteiger partial charge in [0.15, 0.2) is 0 Å². The van der Waals surface area contributed by atoms with E-state index in [9.17, 15) is 4.79 Å². The summed E-state index contributed by atoms with van der Waals surface area (Å²) in [6.07, 6.45) is 0. The molecular weight excluding hydrogens is 334 g/mol. The summed E-state index contributed by atoms with van der Waals surface area (Å²) < 4.78 is 10.2. The molecule has 3 rings (SSSR count). The lowest BCUT2D eigenvalue weighted by atomic mass is 10.0. The van der Waals surface area contributed by atoms with Crippen LogP contribution in [0, 0.1) is 6.92 Å². The van der Waals surface area contributed by atoms with Crippen LogP contribution in [-0.2, 0) is 10.5 Å². The zero-order valence-electron chi connectivity index (χ0n) is 14.4. The number of carbonyl (C=O) groups is 1. The van der Waals surface area contributed by atoms with E-state index in [0.717, 1.165) is 32.8 Å². The molecule has 0 aliphatic rings. The highest BCUT2D eigenvalue weighted by Gasteiger charge is 2.19. The fraction of sp³-hybridized carbons (Fsp3) is 0.200. The summed E-state index contributed by atoms with van der Waals surface area (Å²) in [7, 11) is 3.05. The number of carbonyl (C=O) groups excluding carboxylic acids is 1. The number of benzene rings is 2. The smallest absolute Gasteiger partial charge is 0.340 e. The SMILES string of the molecule is COC(=O)c1c(CSc2ccc(OC)cc2)nc2ccccc2c1C. The molecule has 0 saturated heterocycles. The summed E-state index contributed by atoms with van der Waals surface area (Å²) in [5.74, 6) is 1.06. The molecule has 3 aromatic rings. The second kappa shape index (κ2) is 7.57. The fourth-order valence-corrected chi connectivity index (χ4v) is 3.58. The van der Waals surface area contributed by atoms with E-state index in [1.54, 1.807) is 18.9 Å². The van der Waals surface area contributed by atoms with Crippen molar-refractivity contribution in [3.8, 4) is 5.75 Å². The van der Waals surface area contributed by atoms with Crippen LogP contribution in [0.15, 0.2) is 53.4 Å². The third-order valence-electron chi connectivity index (χ3n) is 4.05. The van der Waals surface area contributed by atoms with Gasteiger partial charge in [0.25, 0.3) is 0 Å². The zero-order valence-corrected chi connectivity index (χ0v) is 15.2. The molecule has 0 fully saturated rings. The quantitative estimate of drug-likeness (QED) is 0.494. The fourth-order valence-electron chi connectivity index (χ4n) is 2.74. The van der Waals surface area contributed by atoms with Gasteiger partial charge in [-0.05, 0) is 42.8 Å². The van der Waals surface area contributed by atoms with Crippen LogP contribution in [0.1, 0.15) is 21.6 Å². The predicted octanol–water partition coefficient (Wildman–Crippen LogP) is 4.63. The first-order chi connectivity index (χ1) is 12.1. The van der Waals surface area contributed by atoms with E-state index in [4.69, 9.17) is 14.5 Å². The van der Waals surface area contributed by atoms with Gasteiger partial charge in [-0.2, -0.15) is 0 Å². The van der Waals surface area contributed by atoms with Crippen molar-refractivity contribution in [1.82, 2.24) is 4.98 Å². The lowest BCUT2D eigenvalue weighted by molar-refractivity contribution is 0.0598. The van der Waals surface area contributed by atoms with Crippen molar-refractivity contribution < 1.29 is 14.3 Å². The van der Waals surface area contributed by atoms with Crippen molar-refractivity contribution in [2.24, 2.45) is 0 Å². The number of aromatic nitrogens is 1. The first kappa shape index (κ1) is 17.3. The third kappa shape index (κ3) is 3.61. The summed E-state index contributed by atoms with van der Waals surface area (Å²) in [6.45, 7) is 1.94. The molecule has 0 N–H and O–H groups in total. The number of rotatable bonds is 5. The van der Waals surface area contributed by atoms with Crippen LogP contribution in [0.5, 0.6) is 5.75 Å². The Morgan fingerprint density at radius 1 is 1.08 bits per heavy atom. The number of methoxy groups -OCH3 is 2. The molecule has 0 spiro atoms. The lowest BCUT2D eigenvalue weighted by Crippen LogP contribution is -2.10. The van der Waals surface area contributed by atoms with Gasteiger partial charge < -0.3 is 9.47 Å². The molecule has 0 aliphatic carbocycles. The minimum absolute atomic E-state index is 0.346. The monoisotopic (exact) mass is 353 g/mol. The molecule has 0 atom stereocenters. The minimum Gasteiger partial charge on any atom is -0.497 e. The molecule has 128 valence electrons. The van der Waals surface area contributed by atoms with Gasteiger partial charge >= 0.3 is 5.97 Å². The normalized spacial score (nSPS) is 10.7. The number of thioether (sulfide) groups is 1. The number of nitrogens with zero attached hydrogens (tertiary/aromatic N) is 1. The van der Waals surface area contributed by atoms with Crippen molar-refractivity contribution in [1.29, 1.82) is 0 Å². The maximum absolute atomic E-state index is 12.3. The van der Waals surface area contributed by atoms with Crippen LogP contribution in [-0.4, -0.2) is 25.2 Å². The summed E-state index contributed by atoms with van der Waals surface area (Å²) in [5, 5.41) is 0.973. The molecule has 0 radical (unpaired) electrons. The van der Waals surface area contributed by atoms with E-state index in [1.807, 2.05) is 55.5 Å². The second-order valence-electron chi connectivity index (χ2n) is 5.53. The van der Waals surface area contributed by atoms with E-state index in [2.05, 4.69) is 0 Å². The molecule has 4 nitrogen and oxygen atoms in total. The molecule has 0 saturated carbocycles. The van der Waals surface area contributed by atoms with Crippen LogP contribution in [0.25, 0.3) is 10.9 Å². The number of aryl methyl sites for hydroxylation is 1. The largest absolute Gasteiger partial charge is 0.497 e. The molecule has 2 aromatic carbocycles. The van der Waals surface area contributed by atoms with Gasteiger partial charge in [-0.3, -0.25) is 4.98 Å². The van der Waals surface area contributed by atoms with E-state index in [1.165, 1.54) is 7.11 Å². The highest BCUT2D eigenvalue weighted by Crippen LogP contribution is 2.29. The van der Waals surface area contributed by atoms with Crippen molar-refractivity contribution in [3.05, 3.63) is 65.4 Å². The van der Waals surface area contributed by atoms with Gasteiger partial charge in [-0.1, -0.05) is 18.2 Å². The second-order valence-corrected chi connectivity index (χ2v) is 6.58. The van der Waals surface area contributed by atoms with Crippen molar-refractivity contribution in [2.45, 2.75) is 17.6 Å². The molecule has 0 unspecified atom stereocenters. The number of fused-ring (bicyclic) bond motifs is 1. The van der Waals surface area contributed by atoms with Gasteiger partial charge in [0.05, 0.1) is 31.0 Å². The number of ether oxygens (including phenoxy) is 2. The van der Waals surface area contributed by atoms with Crippen molar-refractivity contribution in [2.75, 3.05) is 14.2 Å². The van der Waals surface area contributed by atoms with Gasteiger partial charge in [0, 0.05) is 16.0 Å². The molecule has 25 heavy (non-hydrogen) atoms. The van der Waals surface area contributed by atoms with E-state index in [-0.39, 0.29) is 5.97 Å². The van der Waals surface area contributed by atoms with E-state index < -0.39 is 0 Å². The van der Waals surface area contributed by atoms with Crippen LogP contribution < -0.4 is 4.74 Å². The highest BCUT2D eigenvalue weighted by atomic mass is 32.2. The summed E-state index contributed by atoms with van der Waals surface area (Å²) in [4.78, 5) is 18.1. The topological polar surface area (TPSA) is 48.4 Å². The maximum atomic E-state index is 12.3. The number of esters is 1. The maximum Gasteiger partial charge on any atom is 0.340 e. The van der Waals surface area contributed by atoms with Gasteiger partial charge in [-0.15, -0.1) is 11.8 Å². The van der Waals surface area contributed by atoms with Crippen LogP contribution in [0.2, 0.25) is 0 Å².